The SMILES string of the molecule is CNC(=O)c1nc(C(F)(F)F)n2c1CNCC2. The maximum absolute atomic E-state index is 12.7. The molecule has 1 aliphatic rings. The van der Waals surface area contributed by atoms with E-state index in [-0.39, 0.29) is 24.5 Å². The number of carbonyl (C=O) groups excluding carboxylic acids is 1. The van der Waals surface area contributed by atoms with Crippen molar-refractivity contribution in [1.82, 2.24) is 20.2 Å². The van der Waals surface area contributed by atoms with Crippen LogP contribution in [0.1, 0.15) is 22.0 Å². The van der Waals surface area contributed by atoms with Crippen molar-refractivity contribution in [1.29, 1.82) is 0 Å². The van der Waals surface area contributed by atoms with Crippen LogP contribution < -0.4 is 10.6 Å². The molecule has 2 rings (SSSR count). The molecule has 0 saturated carbocycles. The molecular formula is C9H11F3N4O. The summed E-state index contributed by atoms with van der Waals surface area (Å²) in [7, 11) is 1.36. The van der Waals surface area contributed by atoms with Crippen LogP contribution in [0, 0.1) is 0 Å². The number of carbonyl (C=O) groups is 1. The summed E-state index contributed by atoms with van der Waals surface area (Å²) >= 11 is 0. The molecule has 1 aromatic rings. The molecule has 5 nitrogen and oxygen atoms in total. The molecule has 94 valence electrons. The molecule has 0 unspecified atom stereocenters. The minimum Gasteiger partial charge on any atom is -0.354 e. The molecule has 1 aliphatic heterocycles. The van der Waals surface area contributed by atoms with E-state index in [1.807, 2.05) is 0 Å². The van der Waals surface area contributed by atoms with Gasteiger partial charge in [0.15, 0.2) is 5.69 Å². The zero-order chi connectivity index (χ0) is 12.6. The van der Waals surface area contributed by atoms with Crippen LogP contribution in [-0.2, 0) is 19.3 Å². The van der Waals surface area contributed by atoms with Gasteiger partial charge in [0.1, 0.15) is 0 Å². The zero-order valence-electron chi connectivity index (χ0n) is 9.06. The maximum atomic E-state index is 12.7. The van der Waals surface area contributed by atoms with E-state index in [2.05, 4.69) is 15.6 Å². The molecule has 2 N–H and O–H groups in total. The van der Waals surface area contributed by atoms with Gasteiger partial charge in [0.25, 0.3) is 5.91 Å². The Hall–Kier alpha value is -1.57. The molecule has 0 spiro atoms. The van der Waals surface area contributed by atoms with Gasteiger partial charge in [0, 0.05) is 26.7 Å². The lowest BCUT2D eigenvalue weighted by Gasteiger charge is -2.19. The first kappa shape index (κ1) is 11.9. The van der Waals surface area contributed by atoms with Crippen molar-refractivity contribution in [2.45, 2.75) is 19.3 Å². The quantitative estimate of drug-likeness (QED) is 0.754. The number of rotatable bonds is 1. The van der Waals surface area contributed by atoms with Gasteiger partial charge in [-0.05, 0) is 0 Å². The van der Waals surface area contributed by atoms with E-state index in [0.29, 0.717) is 6.54 Å². The predicted molar refractivity (Wildman–Crippen MR) is 52.3 cm³/mol. The Kier molecular flexibility index (Phi) is 2.82. The summed E-state index contributed by atoms with van der Waals surface area (Å²) < 4.78 is 39.2. The molecule has 1 amide bonds. The molecule has 8 heteroatoms. The smallest absolute Gasteiger partial charge is 0.354 e. The van der Waals surface area contributed by atoms with Crippen molar-refractivity contribution < 1.29 is 18.0 Å². The van der Waals surface area contributed by atoms with Crippen molar-refractivity contribution in [3.63, 3.8) is 0 Å². The van der Waals surface area contributed by atoms with Gasteiger partial charge in [0.2, 0.25) is 5.82 Å². The van der Waals surface area contributed by atoms with Crippen molar-refractivity contribution in [2.24, 2.45) is 0 Å². The van der Waals surface area contributed by atoms with Crippen LogP contribution in [-0.4, -0.2) is 29.1 Å². The van der Waals surface area contributed by atoms with E-state index in [0.717, 1.165) is 4.57 Å². The highest BCUT2D eigenvalue weighted by Crippen LogP contribution is 2.31. The Balaban J connectivity index is 2.55. The number of halogens is 3. The summed E-state index contributed by atoms with van der Waals surface area (Å²) in [6, 6.07) is 0. The second kappa shape index (κ2) is 4.02. The number of alkyl halides is 3. The summed E-state index contributed by atoms with van der Waals surface area (Å²) in [5, 5.41) is 5.20. The van der Waals surface area contributed by atoms with Crippen LogP contribution >= 0.6 is 0 Å². The van der Waals surface area contributed by atoms with Crippen LogP contribution in [0.3, 0.4) is 0 Å². The first-order valence-electron chi connectivity index (χ1n) is 5.04. The van der Waals surface area contributed by atoms with Crippen molar-refractivity contribution in [2.75, 3.05) is 13.6 Å². The topological polar surface area (TPSA) is 59.0 Å². The van der Waals surface area contributed by atoms with Gasteiger partial charge in [-0.1, -0.05) is 0 Å². The monoisotopic (exact) mass is 248 g/mol. The molecular weight excluding hydrogens is 237 g/mol. The molecule has 17 heavy (non-hydrogen) atoms. The van der Waals surface area contributed by atoms with E-state index < -0.39 is 17.9 Å². The highest BCUT2D eigenvalue weighted by atomic mass is 19.4. The number of amides is 1. The molecule has 0 fully saturated rings. The third-order valence-corrected chi connectivity index (χ3v) is 2.57. The molecule has 0 aromatic carbocycles. The predicted octanol–water partition coefficient (Wildman–Crippen LogP) is 0.365. The summed E-state index contributed by atoms with van der Waals surface area (Å²) in [4.78, 5) is 14.9. The zero-order valence-corrected chi connectivity index (χ0v) is 9.06. The standard InChI is InChI=1S/C9H11F3N4O/c1-13-7(17)6-5-4-14-2-3-16(5)8(15-6)9(10,11)12/h14H,2-4H2,1H3,(H,13,17). The largest absolute Gasteiger partial charge is 0.449 e. The molecule has 2 heterocycles. The lowest BCUT2D eigenvalue weighted by Crippen LogP contribution is -2.31. The van der Waals surface area contributed by atoms with Crippen LogP contribution in [0.25, 0.3) is 0 Å². The van der Waals surface area contributed by atoms with Gasteiger partial charge < -0.3 is 15.2 Å². The summed E-state index contributed by atoms with van der Waals surface area (Å²) in [5.74, 6) is -1.61. The highest BCUT2D eigenvalue weighted by Gasteiger charge is 2.40. The molecule has 0 atom stereocenters. The van der Waals surface area contributed by atoms with Crippen molar-refractivity contribution in [3.05, 3.63) is 17.2 Å². The molecule has 0 saturated heterocycles. The summed E-state index contributed by atoms with van der Waals surface area (Å²) in [6.07, 6.45) is -4.54. The second-order valence-electron chi connectivity index (χ2n) is 3.64. The Labute approximate surface area is 95.0 Å². The third-order valence-electron chi connectivity index (χ3n) is 2.57. The van der Waals surface area contributed by atoms with Gasteiger partial charge in [-0.15, -0.1) is 0 Å². The average molecular weight is 248 g/mol. The Morgan fingerprint density at radius 1 is 1.53 bits per heavy atom. The number of aromatic nitrogens is 2. The lowest BCUT2D eigenvalue weighted by atomic mass is 10.2. The van der Waals surface area contributed by atoms with E-state index in [9.17, 15) is 18.0 Å². The number of nitrogens with zero attached hydrogens (tertiary/aromatic N) is 2. The number of hydrogen-bond acceptors (Lipinski definition) is 3. The Morgan fingerprint density at radius 2 is 2.24 bits per heavy atom. The molecule has 0 aliphatic carbocycles. The molecule has 1 aromatic heterocycles. The van der Waals surface area contributed by atoms with E-state index in [4.69, 9.17) is 0 Å². The highest BCUT2D eigenvalue weighted by molar-refractivity contribution is 5.93. The fraction of sp³-hybridized carbons (Fsp3) is 0.556. The molecule has 0 radical (unpaired) electrons. The van der Waals surface area contributed by atoms with Gasteiger partial charge in [0.05, 0.1) is 5.69 Å². The minimum atomic E-state index is -4.54. The van der Waals surface area contributed by atoms with Gasteiger partial charge in [-0.2, -0.15) is 13.2 Å². The third kappa shape index (κ3) is 1.99. The fourth-order valence-corrected chi connectivity index (χ4v) is 1.82. The van der Waals surface area contributed by atoms with Crippen molar-refractivity contribution in [3.8, 4) is 0 Å². The maximum Gasteiger partial charge on any atom is 0.449 e. The van der Waals surface area contributed by atoms with Crippen LogP contribution in [0.4, 0.5) is 13.2 Å². The van der Waals surface area contributed by atoms with Gasteiger partial charge in [-0.3, -0.25) is 4.79 Å². The van der Waals surface area contributed by atoms with Gasteiger partial charge >= 0.3 is 6.18 Å². The Morgan fingerprint density at radius 3 is 2.82 bits per heavy atom. The second-order valence-corrected chi connectivity index (χ2v) is 3.64. The van der Waals surface area contributed by atoms with Crippen molar-refractivity contribution >= 4 is 5.91 Å². The van der Waals surface area contributed by atoms with Crippen LogP contribution in [0.5, 0.6) is 0 Å². The lowest BCUT2D eigenvalue weighted by molar-refractivity contribution is -0.147. The first-order valence-corrected chi connectivity index (χ1v) is 5.04. The summed E-state index contributed by atoms with van der Waals surface area (Å²) in [6.45, 7) is 0.805. The van der Waals surface area contributed by atoms with E-state index >= 15 is 0 Å². The van der Waals surface area contributed by atoms with Crippen LogP contribution in [0.15, 0.2) is 0 Å². The fourth-order valence-electron chi connectivity index (χ4n) is 1.82. The minimum absolute atomic E-state index is 0.160. The number of hydrogen-bond donors (Lipinski definition) is 2. The van der Waals surface area contributed by atoms with Crippen LogP contribution in [0.2, 0.25) is 0 Å². The number of nitrogens with one attached hydrogen (secondary N) is 2. The Bertz CT molecular complexity index is 452. The van der Waals surface area contributed by atoms with E-state index in [1.165, 1.54) is 7.05 Å². The first-order chi connectivity index (χ1) is 7.95. The molecule has 0 bridgehead atoms. The van der Waals surface area contributed by atoms with Gasteiger partial charge in [-0.25, -0.2) is 4.98 Å². The summed E-state index contributed by atoms with van der Waals surface area (Å²) in [5.41, 5.74) is 0.120. The number of imidazole rings is 1. The van der Waals surface area contributed by atoms with E-state index in [1.54, 1.807) is 0 Å². The average Bonchev–Trinajstić information content (AvgIpc) is 2.67. The number of fused-ring (bicyclic) bond motifs is 1. The normalized spacial score (nSPS) is 15.5.